The van der Waals surface area contributed by atoms with Crippen molar-refractivity contribution in [1.29, 1.82) is 0 Å². The summed E-state index contributed by atoms with van der Waals surface area (Å²) in [5, 5.41) is 0. The van der Waals surface area contributed by atoms with Crippen molar-refractivity contribution in [2.45, 2.75) is 51.4 Å². The molecule has 34 heavy (non-hydrogen) atoms. The van der Waals surface area contributed by atoms with Crippen LogP contribution in [0.15, 0.2) is 54.6 Å². The monoisotopic (exact) mass is 468 g/mol. The third kappa shape index (κ3) is 5.40. The molecule has 0 amide bonds. The van der Waals surface area contributed by atoms with Crippen molar-refractivity contribution in [2.24, 2.45) is 5.92 Å². The molecule has 1 aliphatic rings. The molecule has 3 aromatic rings. The molecule has 2 nitrogen and oxygen atoms in total. The summed E-state index contributed by atoms with van der Waals surface area (Å²) in [7, 11) is 1.56. The zero-order valence-corrected chi connectivity index (χ0v) is 19.8. The molecule has 0 radical (unpaired) electrons. The molecule has 0 unspecified atom stereocenters. The van der Waals surface area contributed by atoms with Crippen LogP contribution in [0.25, 0.3) is 11.1 Å². The predicted octanol–water partition coefficient (Wildman–Crippen LogP) is 8.08. The van der Waals surface area contributed by atoms with Crippen LogP contribution in [0.1, 0.15) is 56.1 Å². The Hall–Kier alpha value is -2.95. The standard InChI is InChI=1S/C29H31F3O2/c1-3-34-24-15-17-25(27(30)18-24)20-7-4-19(5-8-20)6-9-22-12-16-26(29(32)28(22)31)21-10-13-23(33-2)14-11-21/h10-20H,3-9H2,1-2H3. The Morgan fingerprint density at radius 1 is 0.824 bits per heavy atom. The smallest absolute Gasteiger partial charge is 0.166 e. The maximum Gasteiger partial charge on any atom is 0.166 e. The highest BCUT2D eigenvalue weighted by atomic mass is 19.2. The summed E-state index contributed by atoms with van der Waals surface area (Å²) in [6.07, 6.45) is 5.04. The van der Waals surface area contributed by atoms with Gasteiger partial charge in [-0.3, -0.25) is 0 Å². The number of rotatable bonds is 8. The van der Waals surface area contributed by atoms with Gasteiger partial charge in [0.15, 0.2) is 11.6 Å². The number of benzene rings is 3. The van der Waals surface area contributed by atoms with E-state index in [1.165, 1.54) is 6.07 Å². The second-order valence-electron chi connectivity index (χ2n) is 9.00. The van der Waals surface area contributed by atoms with Gasteiger partial charge in [0.1, 0.15) is 17.3 Å². The van der Waals surface area contributed by atoms with Crippen LogP contribution in [0.3, 0.4) is 0 Å². The van der Waals surface area contributed by atoms with Gasteiger partial charge in [-0.1, -0.05) is 30.3 Å². The first-order valence-electron chi connectivity index (χ1n) is 12.0. The lowest BCUT2D eigenvalue weighted by Gasteiger charge is -2.29. The molecular weight excluding hydrogens is 437 g/mol. The first kappa shape index (κ1) is 24.2. The van der Waals surface area contributed by atoms with Gasteiger partial charge in [0.25, 0.3) is 0 Å². The van der Waals surface area contributed by atoms with Gasteiger partial charge in [0.2, 0.25) is 0 Å². The Morgan fingerprint density at radius 2 is 1.53 bits per heavy atom. The molecule has 4 rings (SSSR count). The third-order valence-electron chi connectivity index (χ3n) is 6.95. The highest BCUT2D eigenvalue weighted by Gasteiger charge is 2.25. The van der Waals surface area contributed by atoms with Crippen molar-refractivity contribution in [1.82, 2.24) is 0 Å². The quantitative estimate of drug-likeness (QED) is 0.333. The summed E-state index contributed by atoms with van der Waals surface area (Å²) in [6, 6.07) is 15.4. The average Bonchev–Trinajstić information content (AvgIpc) is 2.86. The summed E-state index contributed by atoms with van der Waals surface area (Å²) < 4.78 is 54.7. The number of hydrogen-bond donors (Lipinski definition) is 0. The van der Waals surface area contributed by atoms with Crippen molar-refractivity contribution in [3.63, 3.8) is 0 Å². The highest BCUT2D eigenvalue weighted by Crippen LogP contribution is 2.39. The van der Waals surface area contributed by atoms with Crippen LogP contribution in [0.5, 0.6) is 11.5 Å². The first-order chi connectivity index (χ1) is 16.5. The zero-order chi connectivity index (χ0) is 24.1. The van der Waals surface area contributed by atoms with Gasteiger partial charge in [-0.25, -0.2) is 13.2 Å². The number of halogens is 3. The van der Waals surface area contributed by atoms with Crippen LogP contribution in [0.4, 0.5) is 13.2 Å². The van der Waals surface area contributed by atoms with Crippen molar-refractivity contribution < 1.29 is 22.6 Å². The number of aryl methyl sites for hydroxylation is 1. The summed E-state index contributed by atoms with van der Waals surface area (Å²) in [5.74, 6) is 0.0845. The minimum atomic E-state index is -0.808. The fourth-order valence-electron chi connectivity index (χ4n) is 4.99. The lowest BCUT2D eigenvalue weighted by molar-refractivity contribution is 0.304. The minimum Gasteiger partial charge on any atom is -0.497 e. The molecule has 0 atom stereocenters. The van der Waals surface area contributed by atoms with Crippen LogP contribution in [-0.4, -0.2) is 13.7 Å². The second-order valence-corrected chi connectivity index (χ2v) is 9.00. The summed E-state index contributed by atoms with van der Waals surface area (Å²) >= 11 is 0. The van der Waals surface area contributed by atoms with Gasteiger partial charge < -0.3 is 9.47 Å². The van der Waals surface area contributed by atoms with Gasteiger partial charge in [-0.2, -0.15) is 0 Å². The Labute approximate surface area is 199 Å². The van der Waals surface area contributed by atoms with Gasteiger partial charge in [0, 0.05) is 11.6 Å². The van der Waals surface area contributed by atoms with Crippen LogP contribution in [-0.2, 0) is 6.42 Å². The Kier molecular flexibility index (Phi) is 7.81. The molecule has 3 aromatic carbocycles. The van der Waals surface area contributed by atoms with Gasteiger partial charge in [0.05, 0.1) is 13.7 Å². The molecule has 1 aliphatic carbocycles. The first-order valence-corrected chi connectivity index (χ1v) is 12.0. The molecule has 5 heteroatoms. The summed E-state index contributed by atoms with van der Waals surface area (Å²) in [4.78, 5) is 0. The van der Waals surface area contributed by atoms with E-state index in [2.05, 4.69) is 0 Å². The van der Waals surface area contributed by atoms with Gasteiger partial charge in [-0.05, 0) is 92.2 Å². The van der Waals surface area contributed by atoms with Gasteiger partial charge >= 0.3 is 0 Å². The van der Waals surface area contributed by atoms with E-state index in [-0.39, 0.29) is 17.3 Å². The molecule has 1 fully saturated rings. The highest BCUT2D eigenvalue weighted by molar-refractivity contribution is 5.65. The second kappa shape index (κ2) is 11.0. The molecule has 0 heterocycles. The van der Waals surface area contributed by atoms with Crippen LogP contribution in [0, 0.1) is 23.4 Å². The Bertz CT molecular complexity index is 1100. The van der Waals surface area contributed by atoms with Gasteiger partial charge in [-0.15, -0.1) is 0 Å². The minimum absolute atomic E-state index is 0.199. The van der Waals surface area contributed by atoms with E-state index in [1.54, 1.807) is 43.5 Å². The van der Waals surface area contributed by atoms with E-state index < -0.39 is 11.6 Å². The maximum absolute atomic E-state index is 14.8. The maximum atomic E-state index is 14.8. The third-order valence-corrected chi connectivity index (χ3v) is 6.95. The molecule has 0 bridgehead atoms. The fraction of sp³-hybridized carbons (Fsp3) is 0.379. The molecule has 0 saturated heterocycles. The number of ether oxygens (including phenoxy) is 2. The lowest BCUT2D eigenvalue weighted by Crippen LogP contribution is -2.15. The fourth-order valence-corrected chi connectivity index (χ4v) is 4.99. The van der Waals surface area contributed by atoms with Crippen molar-refractivity contribution in [3.8, 4) is 22.6 Å². The normalized spacial score (nSPS) is 18.0. The summed E-state index contributed by atoms with van der Waals surface area (Å²) in [6.45, 7) is 2.39. The van der Waals surface area contributed by atoms with Crippen molar-refractivity contribution in [3.05, 3.63) is 83.2 Å². The topological polar surface area (TPSA) is 18.5 Å². The predicted molar refractivity (Wildman–Crippen MR) is 129 cm³/mol. The SMILES string of the molecule is CCOc1ccc(C2CCC(CCc3ccc(-c4ccc(OC)cc4)c(F)c3F)CC2)c(F)c1. The van der Waals surface area contributed by atoms with E-state index in [0.717, 1.165) is 37.7 Å². The van der Waals surface area contributed by atoms with Crippen LogP contribution in [0.2, 0.25) is 0 Å². The molecule has 0 aromatic heterocycles. The number of hydrogen-bond acceptors (Lipinski definition) is 2. The molecule has 1 saturated carbocycles. The van der Waals surface area contributed by atoms with Crippen LogP contribution >= 0.6 is 0 Å². The van der Waals surface area contributed by atoms with Crippen molar-refractivity contribution in [2.75, 3.05) is 13.7 Å². The van der Waals surface area contributed by atoms with E-state index >= 15 is 0 Å². The van der Waals surface area contributed by atoms with Crippen molar-refractivity contribution >= 4 is 0 Å². The van der Waals surface area contributed by atoms with E-state index in [4.69, 9.17) is 9.47 Å². The Balaban J connectivity index is 1.34. The summed E-state index contributed by atoms with van der Waals surface area (Å²) in [5.41, 5.74) is 2.03. The molecule has 0 spiro atoms. The molecule has 0 N–H and O–H groups in total. The molecule has 180 valence electrons. The molecule has 0 aliphatic heterocycles. The lowest BCUT2D eigenvalue weighted by atomic mass is 9.76. The van der Waals surface area contributed by atoms with E-state index in [0.29, 0.717) is 41.6 Å². The van der Waals surface area contributed by atoms with E-state index in [1.807, 2.05) is 19.1 Å². The van der Waals surface area contributed by atoms with E-state index in [9.17, 15) is 13.2 Å². The Morgan fingerprint density at radius 3 is 2.18 bits per heavy atom. The average molecular weight is 469 g/mol. The number of methoxy groups -OCH3 is 1. The van der Waals surface area contributed by atoms with Crippen LogP contribution < -0.4 is 9.47 Å². The zero-order valence-electron chi connectivity index (χ0n) is 19.8. The molecular formula is C29H31F3O2. The largest absolute Gasteiger partial charge is 0.497 e.